The Labute approximate surface area is 102 Å². The quantitative estimate of drug-likeness (QED) is 0.825. The summed E-state index contributed by atoms with van der Waals surface area (Å²) in [6.07, 6.45) is 0. The van der Waals surface area contributed by atoms with Gasteiger partial charge in [-0.15, -0.1) is 0 Å². The molecule has 0 heterocycles. The van der Waals surface area contributed by atoms with Gasteiger partial charge in [-0.25, -0.2) is 8.42 Å². The van der Waals surface area contributed by atoms with Crippen LogP contribution in [0.15, 0.2) is 59.5 Å². The van der Waals surface area contributed by atoms with Crippen LogP contribution in [-0.4, -0.2) is 16.3 Å². The molecule has 2 radical (unpaired) electrons. The molecule has 0 saturated carbocycles. The average molecular weight is 243 g/mol. The summed E-state index contributed by atoms with van der Waals surface area (Å²) in [6.45, 7) is 0. The molecule has 1 N–H and O–H groups in total. The lowest BCUT2D eigenvalue weighted by molar-refractivity contribution is 0.601. The molecule has 0 spiro atoms. The summed E-state index contributed by atoms with van der Waals surface area (Å²) in [5, 5.41) is 0. The van der Waals surface area contributed by atoms with Crippen LogP contribution in [0.2, 0.25) is 0 Å². The van der Waals surface area contributed by atoms with E-state index >= 15 is 0 Å². The van der Waals surface area contributed by atoms with Crippen molar-refractivity contribution in [3.63, 3.8) is 0 Å². The minimum Gasteiger partial charge on any atom is -0.280 e. The van der Waals surface area contributed by atoms with E-state index in [0.717, 1.165) is 0 Å². The Kier molecular flexibility index (Phi) is 3.20. The SMILES string of the molecule is [B]c1cccc(S(=O)(=O)Nc2ccccc2)c1. The normalized spacial score (nSPS) is 11.1. The van der Waals surface area contributed by atoms with E-state index in [9.17, 15) is 8.42 Å². The second kappa shape index (κ2) is 4.63. The molecule has 0 atom stereocenters. The molecule has 17 heavy (non-hydrogen) atoms. The lowest BCUT2D eigenvalue weighted by atomic mass is 9.97. The summed E-state index contributed by atoms with van der Waals surface area (Å²) in [6, 6.07) is 14.9. The van der Waals surface area contributed by atoms with E-state index in [2.05, 4.69) is 4.72 Å². The van der Waals surface area contributed by atoms with Crippen molar-refractivity contribution in [1.29, 1.82) is 0 Å². The first-order valence-electron chi connectivity index (χ1n) is 5.01. The van der Waals surface area contributed by atoms with Gasteiger partial charge in [0.2, 0.25) is 0 Å². The van der Waals surface area contributed by atoms with Crippen molar-refractivity contribution >= 4 is 29.0 Å². The molecule has 0 bridgehead atoms. The van der Waals surface area contributed by atoms with Crippen molar-refractivity contribution < 1.29 is 8.42 Å². The topological polar surface area (TPSA) is 46.2 Å². The highest BCUT2D eigenvalue weighted by molar-refractivity contribution is 7.92. The molecule has 0 saturated heterocycles. The first kappa shape index (κ1) is 11.7. The number of hydrogen-bond donors (Lipinski definition) is 1. The monoisotopic (exact) mass is 243 g/mol. The molecule has 2 aromatic rings. The number of benzene rings is 2. The van der Waals surface area contributed by atoms with E-state index < -0.39 is 10.0 Å². The number of rotatable bonds is 3. The van der Waals surface area contributed by atoms with Crippen LogP contribution in [0.4, 0.5) is 5.69 Å². The number of para-hydroxylation sites is 1. The van der Waals surface area contributed by atoms with Gasteiger partial charge in [0, 0.05) is 5.69 Å². The van der Waals surface area contributed by atoms with Crippen LogP contribution in [0.5, 0.6) is 0 Å². The Morgan fingerprint density at radius 2 is 1.65 bits per heavy atom. The third-order valence-corrected chi connectivity index (χ3v) is 3.57. The predicted octanol–water partition coefficient (Wildman–Crippen LogP) is 1.28. The number of anilines is 1. The molecular weight excluding hydrogens is 233 g/mol. The molecule has 3 nitrogen and oxygen atoms in total. The maximum absolute atomic E-state index is 12.0. The molecule has 0 aromatic heterocycles. The van der Waals surface area contributed by atoms with Crippen molar-refractivity contribution in [2.75, 3.05) is 4.72 Å². The molecule has 0 aliphatic rings. The fourth-order valence-corrected chi connectivity index (χ4v) is 2.52. The standard InChI is InChI=1S/C12H10BNO2S/c13-10-5-4-8-12(9-10)17(15,16)14-11-6-2-1-3-7-11/h1-9,14H. The van der Waals surface area contributed by atoms with E-state index in [4.69, 9.17) is 7.85 Å². The van der Waals surface area contributed by atoms with E-state index in [1.54, 1.807) is 36.4 Å². The van der Waals surface area contributed by atoms with Gasteiger partial charge in [0.25, 0.3) is 10.0 Å². The Morgan fingerprint density at radius 1 is 0.941 bits per heavy atom. The summed E-state index contributed by atoms with van der Waals surface area (Å²) in [7, 11) is 1.99. The largest absolute Gasteiger partial charge is 0.280 e. The maximum atomic E-state index is 12.0. The van der Waals surface area contributed by atoms with Gasteiger partial charge in [-0.3, -0.25) is 4.72 Å². The first-order valence-corrected chi connectivity index (χ1v) is 6.50. The second-order valence-corrected chi connectivity index (χ2v) is 5.23. The van der Waals surface area contributed by atoms with Crippen LogP contribution >= 0.6 is 0 Å². The van der Waals surface area contributed by atoms with E-state index in [-0.39, 0.29) is 4.90 Å². The summed E-state index contributed by atoms with van der Waals surface area (Å²) in [4.78, 5) is 0.154. The van der Waals surface area contributed by atoms with Gasteiger partial charge in [0.1, 0.15) is 7.85 Å². The van der Waals surface area contributed by atoms with Gasteiger partial charge >= 0.3 is 0 Å². The van der Waals surface area contributed by atoms with Crippen molar-refractivity contribution in [3.05, 3.63) is 54.6 Å². The van der Waals surface area contributed by atoms with Crippen LogP contribution in [0, 0.1) is 0 Å². The van der Waals surface area contributed by atoms with Crippen molar-refractivity contribution in [2.45, 2.75) is 4.90 Å². The van der Waals surface area contributed by atoms with Crippen LogP contribution in [0.1, 0.15) is 0 Å². The van der Waals surface area contributed by atoms with E-state index in [1.165, 1.54) is 12.1 Å². The summed E-state index contributed by atoms with van der Waals surface area (Å²) >= 11 is 0. The number of hydrogen-bond acceptors (Lipinski definition) is 2. The minimum atomic E-state index is -3.57. The van der Waals surface area contributed by atoms with Crippen LogP contribution in [0.3, 0.4) is 0 Å². The van der Waals surface area contributed by atoms with Gasteiger partial charge < -0.3 is 0 Å². The summed E-state index contributed by atoms with van der Waals surface area (Å²) in [5.41, 5.74) is 0.941. The molecule has 84 valence electrons. The van der Waals surface area contributed by atoms with Crippen LogP contribution in [-0.2, 0) is 10.0 Å². The molecule has 0 amide bonds. The van der Waals surface area contributed by atoms with Crippen molar-refractivity contribution in [3.8, 4) is 0 Å². The van der Waals surface area contributed by atoms with Crippen LogP contribution in [0.25, 0.3) is 0 Å². The summed E-state index contributed by atoms with van der Waals surface area (Å²) in [5.74, 6) is 0. The molecule has 0 fully saturated rings. The van der Waals surface area contributed by atoms with E-state index in [1.807, 2.05) is 6.07 Å². The summed E-state index contributed by atoms with van der Waals surface area (Å²) < 4.78 is 26.5. The lowest BCUT2D eigenvalue weighted by Crippen LogP contribution is -2.15. The Bertz CT molecular complexity index is 611. The second-order valence-electron chi connectivity index (χ2n) is 3.54. The fourth-order valence-electron chi connectivity index (χ4n) is 1.40. The lowest BCUT2D eigenvalue weighted by Gasteiger charge is -2.08. The average Bonchev–Trinajstić information content (AvgIpc) is 2.30. The molecule has 0 aliphatic carbocycles. The van der Waals surface area contributed by atoms with Gasteiger partial charge in [-0.1, -0.05) is 35.8 Å². The Balaban J connectivity index is 2.32. The third kappa shape index (κ3) is 2.88. The zero-order valence-corrected chi connectivity index (χ0v) is 9.81. The zero-order chi connectivity index (χ0) is 12.3. The molecule has 5 heteroatoms. The van der Waals surface area contributed by atoms with Gasteiger partial charge in [-0.05, 0) is 24.3 Å². The maximum Gasteiger partial charge on any atom is 0.261 e. The molecule has 2 aromatic carbocycles. The molecule has 0 aliphatic heterocycles. The van der Waals surface area contributed by atoms with Gasteiger partial charge in [0.05, 0.1) is 4.90 Å². The molecule has 2 rings (SSSR count). The highest BCUT2D eigenvalue weighted by Gasteiger charge is 2.13. The van der Waals surface area contributed by atoms with Crippen LogP contribution < -0.4 is 10.2 Å². The number of sulfonamides is 1. The van der Waals surface area contributed by atoms with Gasteiger partial charge in [-0.2, -0.15) is 0 Å². The highest BCUT2D eigenvalue weighted by Crippen LogP contribution is 2.14. The minimum absolute atomic E-state index is 0.154. The first-order chi connectivity index (χ1) is 8.08. The number of nitrogens with one attached hydrogen (secondary N) is 1. The van der Waals surface area contributed by atoms with Crippen molar-refractivity contribution in [1.82, 2.24) is 0 Å². The Hall–Kier alpha value is -1.75. The van der Waals surface area contributed by atoms with Crippen molar-refractivity contribution in [2.24, 2.45) is 0 Å². The molecule has 0 unspecified atom stereocenters. The molecular formula is C12H10BNO2S. The zero-order valence-electron chi connectivity index (χ0n) is 9.00. The predicted molar refractivity (Wildman–Crippen MR) is 69.1 cm³/mol. The van der Waals surface area contributed by atoms with E-state index in [0.29, 0.717) is 11.2 Å². The smallest absolute Gasteiger partial charge is 0.261 e. The Morgan fingerprint density at radius 3 is 2.29 bits per heavy atom. The third-order valence-electron chi connectivity index (χ3n) is 2.19. The van der Waals surface area contributed by atoms with Gasteiger partial charge in [0.15, 0.2) is 0 Å². The highest BCUT2D eigenvalue weighted by atomic mass is 32.2. The fraction of sp³-hybridized carbons (Fsp3) is 0.